The van der Waals surface area contributed by atoms with Gasteiger partial charge in [0.1, 0.15) is 0 Å². The van der Waals surface area contributed by atoms with Crippen molar-refractivity contribution in [1.82, 2.24) is 10.2 Å². The van der Waals surface area contributed by atoms with Crippen LogP contribution in [0.15, 0.2) is 0 Å². The van der Waals surface area contributed by atoms with Gasteiger partial charge in [0.05, 0.1) is 12.6 Å². The third-order valence-electron chi connectivity index (χ3n) is 3.40. The molecule has 0 aliphatic carbocycles. The lowest BCUT2D eigenvalue weighted by atomic mass is 9.93. The third-order valence-corrected chi connectivity index (χ3v) is 3.40. The van der Waals surface area contributed by atoms with Crippen LogP contribution in [0.25, 0.3) is 0 Å². The van der Waals surface area contributed by atoms with Crippen molar-refractivity contribution in [1.29, 1.82) is 0 Å². The second-order valence-corrected chi connectivity index (χ2v) is 4.68. The van der Waals surface area contributed by atoms with Gasteiger partial charge >= 0.3 is 5.97 Å². The molecule has 0 spiro atoms. The molecule has 1 saturated heterocycles. The number of hydrogen-bond donors (Lipinski definition) is 2. The third kappa shape index (κ3) is 4.38. The maximum atomic E-state index is 11.7. The summed E-state index contributed by atoms with van der Waals surface area (Å²) in [6.07, 6.45) is 6.98. The molecule has 0 radical (unpaired) electrons. The Labute approximate surface area is 108 Å². The van der Waals surface area contributed by atoms with E-state index in [4.69, 9.17) is 11.5 Å². The minimum absolute atomic E-state index is 0.0652. The van der Waals surface area contributed by atoms with Crippen LogP contribution >= 0.6 is 0 Å². The van der Waals surface area contributed by atoms with Gasteiger partial charge in [-0.3, -0.25) is 14.5 Å². The van der Waals surface area contributed by atoms with E-state index in [0.717, 1.165) is 25.9 Å². The van der Waals surface area contributed by atoms with Gasteiger partial charge in [-0.05, 0) is 38.8 Å². The van der Waals surface area contributed by atoms with Crippen LogP contribution in [0.1, 0.15) is 26.2 Å². The maximum absolute atomic E-state index is 11.7. The quantitative estimate of drug-likeness (QED) is 0.691. The van der Waals surface area contributed by atoms with E-state index in [1.165, 1.54) is 0 Å². The lowest BCUT2D eigenvalue weighted by Crippen LogP contribution is -2.48. The zero-order chi connectivity index (χ0) is 13.5. The summed E-state index contributed by atoms with van der Waals surface area (Å²) >= 11 is 0. The number of carboxylic acids is 1. The van der Waals surface area contributed by atoms with Crippen molar-refractivity contribution in [3.05, 3.63) is 0 Å². The molecule has 18 heavy (non-hydrogen) atoms. The molecule has 0 aromatic heterocycles. The molecule has 0 bridgehead atoms. The van der Waals surface area contributed by atoms with Crippen LogP contribution in [-0.4, -0.2) is 47.6 Å². The number of amides is 1. The van der Waals surface area contributed by atoms with E-state index in [9.17, 15) is 9.59 Å². The van der Waals surface area contributed by atoms with Crippen LogP contribution in [0.5, 0.6) is 0 Å². The SMILES string of the molecule is C#CCNC(=O)C(C)N1CCC(CC(=O)O)CC1. The molecule has 1 aliphatic heterocycles. The van der Waals surface area contributed by atoms with E-state index in [-0.39, 0.29) is 30.8 Å². The fraction of sp³-hybridized carbons (Fsp3) is 0.692. The number of rotatable bonds is 5. The molecule has 5 heteroatoms. The topological polar surface area (TPSA) is 69.6 Å². The van der Waals surface area contributed by atoms with Crippen molar-refractivity contribution in [2.75, 3.05) is 19.6 Å². The van der Waals surface area contributed by atoms with Gasteiger partial charge in [0, 0.05) is 6.42 Å². The smallest absolute Gasteiger partial charge is 0.303 e. The summed E-state index contributed by atoms with van der Waals surface area (Å²) in [6.45, 7) is 3.63. The van der Waals surface area contributed by atoms with Crippen molar-refractivity contribution < 1.29 is 14.7 Å². The molecule has 1 atom stereocenters. The van der Waals surface area contributed by atoms with E-state index in [2.05, 4.69) is 16.1 Å². The highest BCUT2D eigenvalue weighted by Crippen LogP contribution is 2.21. The largest absolute Gasteiger partial charge is 0.481 e. The van der Waals surface area contributed by atoms with Gasteiger partial charge in [-0.15, -0.1) is 6.42 Å². The number of hydrogen-bond acceptors (Lipinski definition) is 3. The van der Waals surface area contributed by atoms with Crippen molar-refractivity contribution in [3.63, 3.8) is 0 Å². The summed E-state index contributed by atoms with van der Waals surface area (Å²) in [7, 11) is 0. The molecule has 1 amide bonds. The minimum Gasteiger partial charge on any atom is -0.481 e. The van der Waals surface area contributed by atoms with Crippen LogP contribution in [0.3, 0.4) is 0 Å². The van der Waals surface area contributed by atoms with Gasteiger partial charge in [0.2, 0.25) is 5.91 Å². The molecule has 1 heterocycles. The standard InChI is InChI=1S/C13H20N2O3/c1-3-6-14-13(18)10(2)15-7-4-11(5-8-15)9-12(16)17/h1,10-11H,4-9H2,2H3,(H,14,18)(H,16,17). The predicted molar refractivity (Wildman–Crippen MR) is 67.9 cm³/mol. The molecule has 2 N–H and O–H groups in total. The molecule has 1 rings (SSSR count). The Balaban J connectivity index is 2.35. The molecule has 0 aromatic rings. The molecule has 0 saturated carbocycles. The first-order chi connectivity index (χ1) is 8.54. The molecular weight excluding hydrogens is 232 g/mol. The van der Waals surface area contributed by atoms with E-state index in [1.807, 2.05) is 6.92 Å². The fourth-order valence-electron chi connectivity index (χ4n) is 2.24. The minimum atomic E-state index is -0.742. The average Bonchev–Trinajstić information content (AvgIpc) is 2.35. The highest BCUT2D eigenvalue weighted by molar-refractivity contribution is 5.81. The van der Waals surface area contributed by atoms with Gasteiger partial charge < -0.3 is 10.4 Å². The van der Waals surface area contributed by atoms with E-state index >= 15 is 0 Å². The lowest BCUT2D eigenvalue weighted by molar-refractivity contribution is -0.138. The number of carbonyl (C=O) groups excluding carboxylic acids is 1. The van der Waals surface area contributed by atoms with Crippen molar-refractivity contribution in [3.8, 4) is 12.3 Å². The first kappa shape index (κ1) is 14.5. The number of piperidine rings is 1. The summed E-state index contributed by atoms with van der Waals surface area (Å²) < 4.78 is 0. The first-order valence-electron chi connectivity index (χ1n) is 6.21. The molecule has 1 fully saturated rings. The number of carboxylic acid groups (broad SMARTS) is 1. The molecule has 1 aliphatic rings. The molecule has 0 aromatic carbocycles. The van der Waals surface area contributed by atoms with Gasteiger partial charge in [-0.1, -0.05) is 5.92 Å². The molecule has 100 valence electrons. The summed E-state index contributed by atoms with van der Waals surface area (Å²) in [6, 6.07) is -0.205. The Kier molecular flexibility index (Phi) is 5.66. The van der Waals surface area contributed by atoms with E-state index in [0.29, 0.717) is 0 Å². The Hall–Kier alpha value is -1.54. The Morgan fingerprint density at radius 1 is 1.50 bits per heavy atom. The monoisotopic (exact) mass is 252 g/mol. The van der Waals surface area contributed by atoms with Gasteiger partial charge in [0.25, 0.3) is 0 Å². The highest BCUT2D eigenvalue weighted by Gasteiger charge is 2.27. The van der Waals surface area contributed by atoms with Crippen molar-refractivity contribution in [2.45, 2.75) is 32.2 Å². The Morgan fingerprint density at radius 3 is 2.61 bits per heavy atom. The van der Waals surface area contributed by atoms with Gasteiger partial charge in [0.15, 0.2) is 0 Å². The van der Waals surface area contributed by atoms with Crippen molar-refractivity contribution in [2.24, 2.45) is 5.92 Å². The molecule has 1 unspecified atom stereocenters. The van der Waals surface area contributed by atoms with E-state index in [1.54, 1.807) is 0 Å². The zero-order valence-corrected chi connectivity index (χ0v) is 10.7. The number of nitrogens with one attached hydrogen (secondary N) is 1. The zero-order valence-electron chi connectivity index (χ0n) is 10.7. The summed E-state index contributed by atoms with van der Waals surface area (Å²) in [5.74, 6) is 1.80. The van der Waals surface area contributed by atoms with Crippen LogP contribution in [-0.2, 0) is 9.59 Å². The first-order valence-corrected chi connectivity index (χ1v) is 6.21. The lowest BCUT2D eigenvalue weighted by Gasteiger charge is -2.34. The average molecular weight is 252 g/mol. The molecule has 5 nitrogen and oxygen atoms in total. The molecular formula is C13H20N2O3. The van der Waals surface area contributed by atoms with Crippen LogP contribution in [0.4, 0.5) is 0 Å². The van der Waals surface area contributed by atoms with Crippen molar-refractivity contribution >= 4 is 11.9 Å². The van der Waals surface area contributed by atoms with E-state index < -0.39 is 5.97 Å². The van der Waals surface area contributed by atoms with Crippen LogP contribution in [0.2, 0.25) is 0 Å². The van der Waals surface area contributed by atoms with Crippen LogP contribution < -0.4 is 5.32 Å². The number of aliphatic carboxylic acids is 1. The Bertz CT molecular complexity index is 341. The normalized spacial score (nSPS) is 18.9. The summed E-state index contributed by atoms with van der Waals surface area (Å²) in [4.78, 5) is 24.4. The highest BCUT2D eigenvalue weighted by atomic mass is 16.4. The second kappa shape index (κ2) is 7.02. The van der Waals surface area contributed by atoms with Crippen LogP contribution in [0, 0.1) is 18.3 Å². The maximum Gasteiger partial charge on any atom is 0.303 e. The number of carbonyl (C=O) groups is 2. The number of likely N-dealkylation sites (tertiary alicyclic amines) is 1. The summed E-state index contributed by atoms with van der Waals surface area (Å²) in [5.41, 5.74) is 0. The fourth-order valence-corrected chi connectivity index (χ4v) is 2.24. The Morgan fingerprint density at radius 2 is 2.11 bits per heavy atom. The predicted octanol–water partition coefficient (Wildman–Crippen LogP) is 0.311. The summed E-state index contributed by atoms with van der Waals surface area (Å²) in [5, 5.41) is 11.4. The number of terminal acetylenes is 1. The second-order valence-electron chi connectivity index (χ2n) is 4.68. The van der Waals surface area contributed by atoms with Gasteiger partial charge in [-0.2, -0.15) is 0 Å². The number of nitrogens with zero attached hydrogens (tertiary/aromatic N) is 1. The van der Waals surface area contributed by atoms with Gasteiger partial charge in [-0.25, -0.2) is 0 Å².